The molecule has 6 atom stereocenters. The summed E-state index contributed by atoms with van der Waals surface area (Å²) in [5, 5.41) is 25.4. The summed E-state index contributed by atoms with van der Waals surface area (Å²) < 4.78 is 6.42. The Morgan fingerprint density at radius 2 is 0.897 bits per heavy atom. The summed E-state index contributed by atoms with van der Waals surface area (Å²) in [5.41, 5.74) is 0. The van der Waals surface area contributed by atoms with Gasteiger partial charge in [0.1, 0.15) is 0 Å². The van der Waals surface area contributed by atoms with E-state index in [1.807, 2.05) is 0 Å². The number of hydrogen-bond donors (Lipinski definition) is 4. The number of carbonyl (C=O) groups excluding carboxylic acids is 2. The Morgan fingerprint density at radius 3 is 1.23 bits per heavy atom. The Labute approximate surface area is 232 Å². The first-order chi connectivity index (χ1) is 18.6. The number of carbonyl (C=O) groups is 4. The molecule has 4 fully saturated rings. The number of hydrogen-bond acceptors (Lipinski definition) is 5. The summed E-state index contributed by atoms with van der Waals surface area (Å²) in [6, 6.07) is 0.152. The molecule has 4 N–H and O–H groups in total. The van der Waals surface area contributed by atoms with E-state index in [9.17, 15) is 29.4 Å². The zero-order valence-electron chi connectivity index (χ0n) is 23.6. The number of ether oxygens (including phenoxy) is 1. The molecule has 0 aromatic heterocycles. The molecule has 9 heteroatoms. The van der Waals surface area contributed by atoms with Gasteiger partial charge in [0.15, 0.2) is 0 Å². The van der Waals surface area contributed by atoms with Gasteiger partial charge in [-0.05, 0) is 102 Å². The second-order valence-corrected chi connectivity index (χ2v) is 13.0. The Hall–Kier alpha value is -2.16. The molecule has 4 rings (SSSR count). The van der Waals surface area contributed by atoms with Crippen molar-refractivity contribution in [2.24, 2.45) is 35.5 Å². The highest BCUT2D eigenvalue weighted by atomic mass is 16.5. The van der Waals surface area contributed by atoms with Gasteiger partial charge in [0.05, 0.1) is 35.9 Å². The van der Waals surface area contributed by atoms with Gasteiger partial charge in [-0.15, -0.1) is 0 Å². The van der Waals surface area contributed by atoms with Crippen molar-refractivity contribution in [2.75, 3.05) is 0 Å². The molecule has 4 aliphatic rings. The predicted molar refractivity (Wildman–Crippen MR) is 145 cm³/mol. The molecule has 220 valence electrons. The molecule has 2 amide bonds. The zero-order chi connectivity index (χ0) is 28.1. The average Bonchev–Trinajstić information content (AvgIpc) is 2.90. The first kappa shape index (κ1) is 29.8. The molecule has 39 heavy (non-hydrogen) atoms. The van der Waals surface area contributed by atoms with E-state index in [0.717, 1.165) is 64.2 Å². The highest BCUT2D eigenvalue weighted by molar-refractivity contribution is 5.85. The molecule has 0 radical (unpaired) electrons. The number of carboxylic acid groups (broad SMARTS) is 2. The van der Waals surface area contributed by atoms with Crippen LogP contribution in [0.4, 0.5) is 0 Å². The van der Waals surface area contributed by atoms with E-state index < -0.39 is 35.6 Å². The minimum atomic E-state index is -0.860. The lowest BCUT2D eigenvalue weighted by molar-refractivity contribution is -0.150. The van der Waals surface area contributed by atoms with E-state index >= 15 is 0 Å². The Bertz CT molecular complexity index is 809. The molecular weight excluding hydrogens is 500 g/mol. The van der Waals surface area contributed by atoms with Gasteiger partial charge in [-0.3, -0.25) is 19.2 Å². The fraction of sp³-hybridized carbons (Fsp3) is 0.867. The Kier molecular flexibility index (Phi) is 10.3. The van der Waals surface area contributed by atoms with Gasteiger partial charge in [0, 0.05) is 12.1 Å². The largest absolute Gasteiger partial charge is 0.481 e. The molecule has 0 bridgehead atoms. The predicted octanol–water partition coefficient (Wildman–Crippen LogP) is 4.13. The van der Waals surface area contributed by atoms with Crippen LogP contribution in [0.5, 0.6) is 0 Å². The fourth-order valence-corrected chi connectivity index (χ4v) is 7.51. The smallest absolute Gasteiger partial charge is 0.307 e. The molecular formula is C30H48N2O7. The van der Waals surface area contributed by atoms with Crippen LogP contribution < -0.4 is 10.6 Å². The number of amides is 2. The molecule has 0 saturated heterocycles. The summed E-state index contributed by atoms with van der Waals surface area (Å²) in [7, 11) is 0. The standard InChI is InChI=1S/C30H48N2O7/c1-17-3-13-23(29(35)36)25(15-17)27(33)31-19-5-9-21(10-6-19)39-22-11-7-20(8-12-22)32-28(34)26-16-18(2)4-14-24(26)30(37)38/h17-26H,3-16H2,1-2H3,(H,31,33)(H,32,34)(H,35,36)(H,37,38). The van der Waals surface area contributed by atoms with E-state index in [2.05, 4.69) is 24.5 Å². The maximum Gasteiger partial charge on any atom is 0.307 e. The van der Waals surface area contributed by atoms with Crippen molar-refractivity contribution in [3.8, 4) is 0 Å². The van der Waals surface area contributed by atoms with Gasteiger partial charge in [-0.1, -0.05) is 13.8 Å². The number of aliphatic carboxylic acids is 2. The van der Waals surface area contributed by atoms with Crippen LogP contribution in [0.3, 0.4) is 0 Å². The summed E-state index contributed by atoms with van der Waals surface area (Å²) in [4.78, 5) is 49.2. The molecule has 0 heterocycles. The molecule has 0 spiro atoms. The molecule has 4 aliphatic carbocycles. The summed E-state index contributed by atoms with van der Waals surface area (Å²) >= 11 is 0. The van der Waals surface area contributed by atoms with Crippen molar-refractivity contribution in [2.45, 2.75) is 128 Å². The Morgan fingerprint density at radius 1 is 0.538 bits per heavy atom. The van der Waals surface area contributed by atoms with Crippen molar-refractivity contribution < 1.29 is 34.1 Å². The van der Waals surface area contributed by atoms with Gasteiger partial charge in [0.2, 0.25) is 11.8 Å². The lowest BCUT2D eigenvalue weighted by Crippen LogP contribution is -2.47. The maximum absolute atomic E-state index is 12.9. The van der Waals surface area contributed by atoms with Crippen LogP contribution in [-0.4, -0.2) is 58.3 Å². The fourth-order valence-electron chi connectivity index (χ4n) is 7.51. The van der Waals surface area contributed by atoms with Crippen molar-refractivity contribution in [3.05, 3.63) is 0 Å². The second kappa shape index (κ2) is 13.5. The van der Waals surface area contributed by atoms with Gasteiger partial charge in [0.25, 0.3) is 0 Å². The van der Waals surface area contributed by atoms with E-state index in [4.69, 9.17) is 4.74 Å². The Balaban J connectivity index is 1.15. The van der Waals surface area contributed by atoms with Crippen LogP contribution in [0.15, 0.2) is 0 Å². The minimum Gasteiger partial charge on any atom is -0.481 e. The highest BCUT2D eigenvalue weighted by Crippen LogP contribution is 2.36. The van der Waals surface area contributed by atoms with Crippen molar-refractivity contribution in [3.63, 3.8) is 0 Å². The van der Waals surface area contributed by atoms with Gasteiger partial charge < -0.3 is 25.6 Å². The van der Waals surface area contributed by atoms with Crippen molar-refractivity contribution in [1.82, 2.24) is 10.6 Å². The third-order valence-electron chi connectivity index (χ3n) is 9.96. The maximum atomic E-state index is 12.9. The molecule has 0 aliphatic heterocycles. The number of nitrogens with one attached hydrogen (secondary N) is 2. The van der Waals surface area contributed by atoms with Gasteiger partial charge in [-0.25, -0.2) is 0 Å². The third kappa shape index (κ3) is 7.95. The third-order valence-corrected chi connectivity index (χ3v) is 9.96. The molecule has 0 aromatic carbocycles. The van der Waals surface area contributed by atoms with Crippen LogP contribution in [0, 0.1) is 35.5 Å². The van der Waals surface area contributed by atoms with E-state index in [1.54, 1.807) is 0 Å². The van der Waals surface area contributed by atoms with E-state index in [0.29, 0.717) is 37.5 Å². The van der Waals surface area contributed by atoms with Gasteiger partial charge in [-0.2, -0.15) is 0 Å². The van der Waals surface area contributed by atoms with Crippen LogP contribution in [0.25, 0.3) is 0 Å². The molecule has 9 nitrogen and oxygen atoms in total. The highest BCUT2D eigenvalue weighted by Gasteiger charge is 2.40. The molecule has 0 aromatic rings. The SMILES string of the molecule is CC1CCC(C(=O)O)C(C(=O)NC2CCC(OC3CCC(NC(=O)C4CC(C)CCC4C(=O)O)CC3)CC2)C1. The average molecular weight is 549 g/mol. The lowest BCUT2D eigenvalue weighted by atomic mass is 9.74. The lowest BCUT2D eigenvalue weighted by Gasteiger charge is -2.37. The van der Waals surface area contributed by atoms with Crippen LogP contribution >= 0.6 is 0 Å². The number of carboxylic acids is 2. The van der Waals surface area contributed by atoms with Gasteiger partial charge >= 0.3 is 11.9 Å². The summed E-state index contributed by atoms with van der Waals surface area (Å²) in [5.74, 6) is -3.20. The minimum absolute atomic E-state index is 0.0760. The van der Waals surface area contributed by atoms with Crippen molar-refractivity contribution in [1.29, 1.82) is 0 Å². The zero-order valence-corrected chi connectivity index (χ0v) is 23.6. The topological polar surface area (TPSA) is 142 Å². The van der Waals surface area contributed by atoms with E-state index in [-0.39, 0.29) is 36.1 Å². The van der Waals surface area contributed by atoms with Crippen molar-refractivity contribution >= 4 is 23.8 Å². The molecule has 4 saturated carbocycles. The number of rotatable bonds is 8. The summed E-state index contributed by atoms with van der Waals surface area (Å²) in [6.45, 7) is 4.18. The monoisotopic (exact) mass is 548 g/mol. The first-order valence-corrected chi connectivity index (χ1v) is 15.3. The van der Waals surface area contributed by atoms with Crippen LogP contribution in [0.2, 0.25) is 0 Å². The second-order valence-electron chi connectivity index (χ2n) is 13.0. The molecule has 6 unspecified atom stereocenters. The normalized spacial score (nSPS) is 39.3. The summed E-state index contributed by atoms with van der Waals surface area (Å²) in [6.07, 6.45) is 11.3. The quantitative estimate of drug-likeness (QED) is 0.357. The van der Waals surface area contributed by atoms with Crippen LogP contribution in [0.1, 0.15) is 104 Å². The first-order valence-electron chi connectivity index (χ1n) is 15.3. The van der Waals surface area contributed by atoms with Crippen LogP contribution in [-0.2, 0) is 23.9 Å². The van der Waals surface area contributed by atoms with E-state index in [1.165, 1.54) is 0 Å².